The van der Waals surface area contributed by atoms with Gasteiger partial charge >= 0.3 is 0 Å². The first-order valence-electron chi connectivity index (χ1n) is 4.14. The van der Waals surface area contributed by atoms with Crippen LogP contribution in [0.1, 0.15) is 6.42 Å². The molecule has 1 aliphatic carbocycles. The van der Waals surface area contributed by atoms with E-state index in [1.165, 1.54) is 11.3 Å². The normalized spacial score (nSPS) is 27.4. The minimum absolute atomic E-state index is 0.0745. The Morgan fingerprint density at radius 3 is 3.33 bits per heavy atom. The van der Waals surface area contributed by atoms with Gasteiger partial charge < -0.3 is 5.32 Å². The van der Waals surface area contributed by atoms with Crippen molar-refractivity contribution in [1.29, 1.82) is 5.26 Å². The molecule has 0 radical (unpaired) electrons. The highest BCUT2D eigenvalue weighted by Crippen LogP contribution is 2.22. The quantitative estimate of drug-likeness (QED) is 0.543. The van der Waals surface area contributed by atoms with E-state index in [2.05, 4.69) is 16.7 Å². The van der Waals surface area contributed by atoms with Gasteiger partial charge in [-0.05, 0) is 18.1 Å². The van der Waals surface area contributed by atoms with Gasteiger partial charge in [0.1, 0.15) is 0 Å². The van der Waals surface area contributed by atoms with Crippen LogP contribution in [0.25, 0.3) is 0 Å². The van der Waals surface area contributed by atoms with E-state index in [0.717, 1.165) is 19.6 Å². The fourth-order valence-electron chi connectivity index (χ4n) is 1.58. The zero-order chi connectivity index (χ0) is 8.39. The molecule has 0 saturated heterocycles. The van der Waals surface area contributed by atoms with Crippen molar-refractivity contribution in [2.24, 2.45) is 5.92 Å². The minimum Gasteiger partial charge on any atom is -0.372 e. The molecule has 2 N–H and O–H groups in total. The molecule has 0 amide bonds. The molecular formula is C9H11N3. The summed E-state index contributed by atoms with van der Waals surface area (Å²) in [6, 6.07) is 2.26. The number of rotatable bonds is 0. The third kappa shape index (κ3) is 1.21. The summed E-state index contributed by atoms with van der Waals surface area (Å²) in [4.78, 5) is 0. The van der Waals surface area contributed by atoms with Crippen molar-refractivity contribution in [2.75, 3.05) is 13.2 Å². The van der Waals surface area contributed by atoms with Gasteiger partial charge in [0.25, 0.3) is 0 Å². The number of nitriles is 1. The number of nitrogens with one attached hydrogen (secondary N) is 2. The summed E-state index contributed by atoms with van der Waals surface area (Å²) in [6.07, 6.45) is 4.87. The molecule has 1 atom stereocenters. The van der Waals surface area contributed by atoms with Crippen LogP contribution < -0.4 is 10.6 Å². The van der Waals surface area contributed by atoms with E-state index in [4.69, 9.17) is 5.26 Å². The van der Waals surface area contributed by atoms with Gasteiger partial charge in [-0.25, -0.2) is 0 Å². The average Bonchev–Trinajstić information content (AvgIpc) is 2.17. The topological polar surface area (TPSA) is 47.9 Å². The predicted molar refractivity (Wildman–Crippen MR) is 45.9 cm³/mol. The fraction of sp³-hybridized carbons (Fsp3) is 0.444. The van der Waals surface area contributed by atoms with Crippen LogP contribution in [0.5, 0.6) is 0 Å². The predicted octanol–water partition coefficient (Wildman–Crippen LogP) is 0.490. The third-order valence-corrected chi connectivity index (χ3v) is 2.25. The van der Waals surface area contributed by atoms with Crippen LogP contribution in [-0.4, -0.2) is 13.2 Å². The van der Waals surface area contributed by atoms with Crippen LogP contribution in [0.2, 0.25) is 0 Å². The van der Waals surface area contributed by atoms with E-state index in [1.54, 1.807) is 0 Å². The second kappa shape index (κ2) is 3.00. The van der Waals surface area contributed by atoms with Crippen molar-refractivity contribution < 1.29 is 0 Å². The van der Waals surface area contributed by atoms with Gasteiger partial charge in [0, 0.05) is 12.2 Å². The Kier molecular flexibility index (Phi) is 1.84. The maximum atomic E-state index is 8.72. The highest BCUT2D eigenvalue weighted by atomic mass is 15.1. The SMILES string of the molecule is N#CC1C=CC2=C(CNCN2)C1. The molecule has 0 saturated carbocycles. The number of hydrogen-bond acceptors (Lipinski definition) is 3. The second-order valence-corrected chi connectivity index (χ2v) is 3.10. The van der Waals surface area contributed by atoms with Crippen LogP contribution in [0.15, 0.2) is 23.4 Å². The standard InChI is InChI=1S/C9H11N3/c10-4-7-1-2-9-8(3-7)5-11-6-12-9/h1-2,7,11-12H,3,5-6H2. The number of nitrogens with zero attached hydrogens (tertiary/aromatic N) is 1. The van der Waals surface area contributed by atoms with Crippen LogP contribution in [0, 0.1) is 17.2 Å². The zero-order valence-corrected chi connectivity index (χ0v) is 6.80. The van der Waals surface area contributed by atoms with Crippen LogP contribution in [-0.2, 0) is 0 Å². The molecule has 0 aromatic carbocycles. The summed E-state index contributed by atoms with van der Waals surface area (Å²) < 4.78 is 0. The van der Waals surface area contributed by atoms with Gasteiger partial charge in [-0.1, -0.05) is 6.08 Å². The summed E-state index contributed by atoms with van der Waals surface area (Å²) in [6.45, 7) is 1.76. The molecule has 1 aliphatic heterocycles. The molecule has 3 heteroatoms. The lowest BCUT2D eigenvalue weighted by molar-refractivity contribution is 0.587. The van der Waals surface area contributed by atoms with Crippen LogP contribution in [0.4, 0.5) is 0 Å². The zero-order valence-electron chi connectivity index (χ0n) is 6.80. The summed E-state index contributed by atoms with van der Waals surface area (Å²) in [5.74, 6) is 0.0745. The van der Waals surface area contributed by atoms with Crippen molar-refractivity contribution >= 4 is 0 Å². The molecule has 0 aromatic rings. The van der Waals surface area contributed by atoms with Gasteiger partial charge in [0.05, 0.1) is 18.7 Å². The van der Waals surface area contributed by atoms with E-state index < -0.39 is 0 Å². The average molecular weight is 161 g/mol. The maximum absolute atomic E-state index is 8.72. The lowest BCUT2D eigenvalue weighted by Gasteiger charge is -2.25. The Morgan fingerprint density at radius 1 is 1.58 bits per heavy atom. The summed E-state index contributed by atoms with van der Waals surface area (Å²) in [7, 11) is 0. The Bertz CT molecular complexity index is 283. The molecule has 3 nitrogen and oxygen atoms in total. The molecule has 2 rings (SSSR count). The molecule has 1 heterocycles. The van der Waals surface area contributed by atoms with Crippen LogP contribution in [0.3, 0.4) is 0 Å². The first-order valence-corrected chi connectivity index (χ1v) is 4.14. The number of hydrogen-bond donors (Lipinski definition) is 2. The molecule has 0 bridgehead atoms. The lowest BCUT2D eigenvalue weighted by atomic mass is 9.93. The maximum Gasteiger partial charge on any atom is 0.0701 e. The van der Waals surface area contributed by atoms with E-state index >= 15 is 0 Å². The first kappa shape index (κ1) is 7.38. The smallest absolute Gasteiger partial charge is 0.0701 e. The van der Waals surface area contributed by atoms with Gasteiger partial charge in [0.15, 0.2) is 0 Å². The second-order valence-electron chi connectivity index (χ2n) is 3.10. The van der Waals surface area contributed by atoms with Gasteiger partial charge in [-0.15, -0.1) is 0 Å². The van der Waals surface area contributed by atoms with E-state index in [9.17, 15) is 0 Å². The van der Waals surface area contributed by atoms with Crippen molar-refractivity contribution in [3.05, 3.63) is 23.4 Å². The molecule has 0 aromatic heterocycles. The Balaban J connectivity index is 2.19. The van der Waals surface area contributed by atoms with E-state index in [0.29, 0.717) is 0 Å². The highest BCUT2D eigenvalue weighted by Gasteiger charge is 2.17. The molecular weight excluding hydrogens is 150 g/mol. The van der Waals surface area contributed by atoms with Gasteiger partial charge in [0.2, 0.25) is 0 Å². The third-order valence-electron chi connectivity index (χ3n) is 2.25. The van der Waals surface area contributed by atoms with Crippen molar-refractivity contribution in [3.63, 3.8) is 0 Å². The molecule has 62 valence electrons. The first-order chi connectivity index (χ1) is 5.90. The Morgan fingerprint density at radius 2 is 2.50 bits per heavy atom. The van der Waals surface area contributed by atoms with Crippen LogP contribution >= 0.6 is 0 Å². The monoisotopic (exact) mass is 161 g/mol. The summed E-state index contributed by atoms with van der Waals surface area (Å²) >= 11 is 0. The highest BCUT2D eigenvalue weighted by molar-refractivity contribution is 5.33. The Labute approximate surface area is 71.8 Å². The molecule has 2 aliphatic rings. The van der Waals surface area contributed by atoms with E-state index in [-0.39, 0.29) is 5.92 Å². The van der Waals surface area contributed by atoms with Crippen molar-refractivity contribution in [2.45, 2.75) is 6.42 Å². The fourth-order valence-corrected chi connectivity index (χ4v) is 1.58. The summed E-state index contributed by atoms with van der Waals surface area (Å²) in [5, 5.41) is 15.2. The molecule has 12 heavy (non-hydrogen) atoms. The number of allylic oxidation sites excluding steroid dienone is 2. The van der Waals surface area contributed by atoms with Crippen molar-refractivity contribution in [1.82, 2.24) is 10.6 Å². The van der Waals surface area contributed by atoms with Gasteiger partial charge in [-0.2, -0.15) is 5.26 Å². The molecule has 0 fully saturated rings. The van der Waals surface area contributed by atoms with Gasteiger partial charge in [-0.3, -0.25) is 5.32 Å². The minimum atomic E-state index is 0.0745. The van der Waals surface area contributed by atoms with E-state index in [1.807, 2.05) is 12.2 Å². The summed E-state index contributed by atoms with van der Waals surface area (Å²) in [5.41, 5.74) is 2.54. The molecule has 1 unspecified atom stereocenters. The van der Waals surface area contributed by atoms with Crippen molar-refractivity contribution in [3.8, 4) is 6.07 Å². The molecule has 0 spiro atoms. The largest absolute Gasteiger partial charge is 0.372 e. The Hall–Kier alpha value is -1.27. The lowest BCUT2D eigenvalue weighted by Crippen LogP contribution is -2.37.